The Labute approximate surface area is 109 Å². The summed E-state index contributed by atoms with van der Waals surface area (Å²) in [4.78, 5) is 11.7. The van der Waals surface area contributed by atoms with E-state index < -0.39 is 0 Å². The summed E-state index contributed by atoms with van der Waals surface area (Å²) in [6.45, 7) is 6.97. The van der Waals surface area contributed by atoms with Crippen molar-refractivity contribution in [3.8, 4) is 0 Å². The molecule has 1 saturated heterocycles. The third-order valence-electron chi connectivity index (χ3n) is 3.48. The van der Waals surface area contributed by atoms with Crippen LogP contribution in [0.15, 0.2) is 24.3 Å². The molecule has 0 spiro atoms. The average Bonchev–Trinajstić information content (AvgIpc) is 2.32. The molecule has 1 aromatic rings. The molecule has 0 radical (unpaired) electrons. The van der Waals surface area contributed by atoms with E-state index in [0.29, 0.717) is 24.8 Å². The van der Waals surface area contributed by atoms with Crippen LogP contribution < -0.4 is 10.6 Å². The largest absolute Gasteiger partial charge is 0.352 e. The van der Waals surface area contributed by atoms with Crippen molar-refractivity contribution in [1.82, 2.24) is 10.6 Å². The predicted molar refractivity (Wildman–Crippen MR) is 73.4 cm³/mol. The smallest absolute Gasteiger partial charge is 0.220 e. The van der Waals surface area contributed by atoms with Gasteiger partial charge in [-0.05, 0) is 36.1 Å². The molecule has 1 fully saturated rings. The van der Waals surface area contributed by atoms with Gasteiger partial charge >= 0.3 is 0 Å². The Morgan fingerprint density at radius 3 is 2.50 bits per heavy atom. The van der Waals surface area contributed by atoms with Crippen LogP contribution >= 0.6 is 0 Å². The third-order valence-corrected chi connectivity index (χ3v) is 3.48. The standard InChI is InChI=1S/C15H22N2O/c1-11(2)14-5-3-12(4-6-14)10-17-15(18)7-13-8-16-9-13/h3-6,11,13,16H,7-10H2,1-2H3,(H,17,18). The van der Waals surface area contributed by atoms with Crippen molar-refractivity contribution in [2.45, 2.75) is 32.7 Å². The van der Waals surface area contributed by atoms with E-state index in [-0.39, 0.29) is 5.91 Å². The van der Waals surface area contributed by atoms with E-state index >= 15 is 0 Å². The van der Waals surface area contributed by atoms with Gasteiger partial charge < -0.3 is 10.6 Å². The molecule has 0 aliphatic carbocycles. The molecule has 0 atom stereocenters. The van der Waals surface area contributed by atoms with Crippen LogP contribution in [0.1, 0.15) is 37.3 Å². The Bertz CT molecular complexity index is 393. The van der Waals surface area contributed by atoms with Gasteiger partial charge in [-0.25, -0.2) is 0 Å². The van der Waals surface area contributed by atoms with E-state index in [2.05, 4.69) is 48.7 Å². The minimum Gasteiger partial charge on any atom is -0.352 e. The fourth-order valence-electron chi connectivity index (χ4n) is 2.05. The highest BCUT2D eigenvalue weighted by atomic mass is 16.1. The molecule has 0 saturated carbocycles. The van der Waals surface area contributed by atoms with E-state index in [9.17, 15) is 4.79 Å². The first kappa shape index (κ1) is 13.1. The second-order valence-electron chi connectivity index (χ2n) is 5.40. The summed E-state index contributed by atoms with van der Waals surface area (Å²) in [5.74, 6) is 1.25. The van der Waals surface area contributed by atoms with Crippen LogP contribution in [0, 0.1) is 5.92 Å². The van der Waals surface area contributed by atoms with Crippen LogP contribution in [-0.2, 0) is 11.3 Å². The maximum Gasteiger partial charge on any atom is 0.220 e. The first-order chi connectivity index (χ1) is 8.65. The maximum atomic E-state index is 11.7. The molecule has 1 heterocycles. The van der Waals surface area contributed by atoms with Gasteiger partial charge in [0.2, 0.25) is 5.91 Å². The molecule has 2 rings (SSSR count). The summed E-state index contributed by atoms with van der Waals surface area (Å²) in [6.07, 6.45) is 0.650. The van der Waals surface area contributed by atoms with Crippen molar-refractivity contribution in [3.63, 3.8) is 0 Å². The van der Waals surface area contributed by atoms with Crippen LogP contribution in [0.5, 0.6) is 0 Å². The van der Waals surface area contributed by atoms with Crippen LogP contribution in [0.3, 0.4) is 0 Å². The summed E-state index contributed by atoms with van der Waals surface area (Å²) in [7, 11) is 0. The highest BCUT2D eigenvalue weighted by Crippen LogP contribution is 2.14. The van der Waals surface area contributed by atoms with E-state index in [1.54, 1.807) is 0 Å². The molecule has 2 N–H and O–H groups in total. The first-order valence-corrected chi connectivity index (χ1v) is 6.71. The normalized spacial score (nSPS) is 15.5. The van der Waals surface area contributed by atoms with Gasteiger partial charge in [0.05, 0.1) is 0 Å². The number of carbonyl (C=O) groups is 1. The SMILES string of the molecule is CC(C)c1ccc(CNC(=O)CC2CNC2)cc1. The van der Waals surface area contributed by atoms with Crippen molar-refractivity contribution in [2.24, 2.45) is 5.92 Å². The van der Waals surface area contributed by atoms with Crippen LogP contribution in [0.2, 0.25) is 0 Å². The van der Waals surface area contributed by atoms with Crippen molar-refractivity contribution in [1.29, 1.82) is 0 Å². The van der Waals surface area contributed by atoms with Crippen LogP contribution in [-0.4, -0.2) is 19.0 Å². The van der Waals surface area contributed by atoms with Crippen LogP contribution in [0.25, 0.3) is 0 Å². The molecule has 0 bridgehead atoms. The minimum absolute atomic E-state index is 0.162. The van der Waals surface area contributed by atoms with Gasteiger partial charge in [0.25, 0.3) is 0 Å². The number of benzene rings is 1. The molecule has 1 amide bonds. The Morgan fingerprint density at radius 1 is 1.33 bits per heavy atom. The zero-order valence-electron chi connectivity index (χ0n) is 11.2. The Hall–Kier alpha value is -1.35. The van der Waals surface area contributed by atoms with Crippen LogP contribution in [0.4, 0.5) is 0 Å². The van der Waals surface area contributed by atoms with Gasteiger partial charge in [-0.15, -0.1) is 0 Å². The van der Waals surface area contributed by atoms with Gasteiger partial charge in [0.15, 0.2) is 0 Å². The lowest BCUT2D eigenvalue weighted by atomic mass is 9.99. The first-order valence-electron chi connectivity index (χ1n) is 6.71. The molecular formula is C15H22N2O. The molecule has 0 aromatic heterocycles. The van der Waals surface area contributed by atoms with Gasteiger partial charge in [-0.2, -0.15) is 0 Å². The van der Waals surface area contributed by atoms with E-state index in [1.165, 1.54) is 11.1 Å². The lowest BCUT2D eigenvalue weighted by molar-refractivity contribution is -0.122. The highest BCUT2D eigenvalue weighted by Gasteiger charge is 2.19. The van der Waals surface area contributed by atoms with E-state index in [4.69, 9.17) is 0 Å². The Morgan fingerprint density at radius 2 is 2.00 bits per heavy atom. The molecule has 1 aliphatic heterocycles. The van der Waals surface area contributed by atoms with Gasteiger partial charge in [-0.3, -0.25) is 4.79 Å². The molecule has 98 valence electrons. The second kappa shape index (κ2) is 6.01. The second-order valence-corrected chi connectivity index (χ2v) is 5.40. The van der Waals surface area contributed by atoms with E-state index in [1.807, 2.05) is 0 Å². The summed E-state index contributed by atoms with van der Waals surface area (Å²) in [5, 5.41) is 6.16. The Balaban J connectivity index is 1.76. The van der Waals surface area contributed by atoms with E-state index in [0.717, 1.165) is 13.1 Å². The summed E-state index contributed by atoms with van der Waals surface area (Å²) >= 11 is 0. The molecule has 18 heavy (non-hydrogen) atoms. The lowest BCUT2D eigenvalue weighted by Gasteiger charge is -2.26. The Kier molecular flexibility index (Phi) is 4.37. The number of rotatable bonds is 5. The number of nitrogens with one attached hydrogen (secondary N) is 2. The summed E-state index contributed by atoms with van der Waals surface area (Å²) < 4.78 is 0. The molecule has 0 unspecified atom stereocenters. The summed E-state index contributed by atoms with van der Waals surface area (Å²) in [6, 6.07) is 8.48. The number of amides is 1. The molecular weight excluding hydrogens is 224 g/mol. The number of hydrogen-bond donors (Lipinski definition) is 2. The quantitative estimate of drug-likeness (QED) is 0.834. The van der Waals surface area contributed by atoms with Crippen molar-refractivity contribution < 1.29 is 4.79 Å². The minimum atomic E-state index is 0.162. The molecule has 1 aromatic carbocycles. The summed E-state index contributed by atoms with van der Waals surface area (Å²) in [5.41, 5.74) is 2.50. The predicted octanol–water partition coefficient (Wildman–Crippen LogP) is 2.04. The fraction of sp³-hybridized carbons (Fsp3) is 0.533. The molecule has 3 heteroatoms. The zero-order chi connectivity index (χ0) is 13.0. The third kappa shape index (κ3) is 3.57. The lowest BCUT2D eigenvalue weighted by Crippen LogP contribution is -2.44. The molecule has 1 aliphatic rings. The molecule has 3 nitrogen and oxygen atoms in total. The fourth-order valence-corrected chi connectivity index (χ4v) is 2.05. The average molecular weight is 246 g/mol. The van der Waals surface area contributed by atoms with Gasteiger partial charge in [0, 0.05) is 13.0 Å². The number of carbonyl (C=O) groups excluding carboxylic acids is 1. The highest BCUT2D eigenvalue weighted by molar-refractivity contribution is 5.76. The number of hydrogen-bond acceptors (Lipinski definition) is 2. The van der Waals surface area contributed by atoms with Crippen molar-refractivity contribution in [3.05, 3.63) is 35.4 Å². The maximum absolute atomic E-state index is 11.7. The van der Waals surface area contributed by atoms with Gasteiger partial charge in [-0.1, -0.05) is 38.1 Å². The van der Waals surface area contributed by atoms with Crippen molar-refractivity contribution in [2.75, 3.05) is 13.1 Å². The topological polar surface area (TPSA) is 41.1 Å². The van der Waals surface area contributed by atoms with Crippen molar-refractivity contribution >= 4 is 5.91 Å². The monoisotopic (exact) mass is 246 g/mol. The zero-order valence-corrected chi connectivity index (χ0v) is 11.2. The van der Waals surface area contributed by atoms with Gasteiger partial charge in [0.1, 0.15) is 0 Å².